The minimum absolute atomic E-state index is 0.0961. The van der Waals surface area contributed by atoms with Gasteiger partial charge in [-0.05, 0) is 43.5 Å². The van der Waals surface area contributed by atoms with Crippen LogP contribution in [0.15, 0.2) is 24.3 Å². The van der Waals surface area contributed by atoms with Crippen molar-refractivity contribution >= 4 is 5.91 Å². The van der Waals surface area contributed by atoms with E-state index in [1.807, 2.05) is 4.90 Å². The zero-order valence-corrected chi connectivity index (χ0v) is 10.0. The average Bonchev–Trinajstić information content (AvgIpc) is 3.19. The summed E-state index contributed by atoms with van der Waals surface area (Å²) in [4.78, 5) is 14.2. The van der Waals surface area contributed by atoms with Gasteiger partial charge in [-0.15, -0.1) is 0 Å². The van der Waals surface area contributed by atoms with Gasteiger partial charge in [-0.25, -0.2) is 0 Å². The van der Waals surface area contributed by atoms with E-state index >= 15 is 0 Å². The SMILES string of the molecule is CCCN(C(=O)c1ccc(C#N)cc1)C1CC1. The quantitative estimate of drug-likeness (QED) is 0.795. The van der Waals surface area contributed by atoms with Gasteiger partial charge >= 0.3 is 0 Å². The lowest BCUT2D eigenvalue weighted by atomic mass is 10.1. The minimum Gasteiger partial charge on any atom is -0.336 e. The Morgan fingerprint density at radius 2 is 2.06 bits per heavy atom. The number of benzene rings is 1. The second-order valence-corrected chi connectivity index (χ2v) is 4.42. The van der Waals surface area contributed by atoms with Gasteiger partial charge in [0.25, 0.3) is 5.91 Å². The maximum absolute atomic E-state index is 12.3. The van der Waals surface area contributed by atoms with Crippen LogP contribution in [0, 0.1) is 11.3 Å². The van der Waals surface area contributed by atoms with Crippen LogP contribution in [0.25, 0.3) is 0 Å². The second-order valence-electron chi connectivity index (χ2n) is 4.42. The first kappa shape index (κ1) is 11.7. The third kappa shape index (κ3) is 2.65. The van der Waals surface area contributed by atoms with Gasteiger partial charge in [0.2, 0.25) is 0 Å². The highest BCUT2D eigenvalue weighted by molar-refractivity contribution is 5.94. The van der Waals surface area contributed by atoms with Gasteiger partial charge in [0.05, 0.1) is 11.6 Å². The summed E-state index contributed by atoms with van der Waals surface area (Å²) in [5, 5.41) is 8.71. The van der Waals surface area contributed by atoms with E-state index in [1.54, 1.807) is 24.3 Å². The molecule has 3 heteroatoms. The molecule has 0 aromatic heterocycles. The van der Waals surface area contributed by atoms with E-state index in [0.717, 1.165) is 25.8 Å². The average molecular weight is 228 g/mol. The molecular formula is C14H16N2O. The number of carbonyl (C=O) groups is 1. The van der Waals surface area contributed by atoms with Crippen molar-refractivity contribution in [3.8, 4) is 6.07 Å². The molecule has 0 aliphatic heterocycles. The molecule has 1 saturated carbocycles. The molecule has 0 unspecified atom stereocenters. The number of nitrogens with zero attached hydrogens (tertiary/aromatic N) is 2. The molecule has 0 spiro atoms. The number of hydrogen-bond donors (Lipinski definition) is 0. The molecule has 1 fully saturated rings. The summed E-state index contributed by atoms with van der Waals surface area (Å²) in [6, 6.07) is 9.38. The molecule has 0 bridgehead atoms. The van der Waals surface area contributed by atoms with Crippen molar-refractivity contribution in [2.45, 2.75) is 32.2 Å². The van der Waals surface area contributed by atoms with Crippen LogP contribution < -0.4 is 0 Å². The Labute approximate surface area is 102 Å². The van der Waals surface area contributed by atoms with Crippen LogP contribution in [-0.2, 0) is 0 Å². The van der Waals surface area contributed by atoms with Gasteiger partial charge in [-0.3, -0.25) is 4.79 Å². The van der Waals surface area contributed by atoms with Crippen LogP contribution >= 0.6 is 0 Å². The van der Waals surface area contributed by atoms with E-state index in [-0.39, 0.29) is 5.91 Å². The summed E-state index contributed by atoms with van der Waals surface area (Å²) in [5.74, 6) is 0.0961. The van der Waals surface area contributed by atoms with Crippen molar-refractivity contribution in [3.63, 3.8) is 0 Å². The van der Waals surface area contributed by atoms with Crippen LogP contribution in [0.5, 0.6) is 0 Å². The molecule has 17 heavy (non-hydrogen) atoms. The Balaban J connectivity index is 2.14. The van der Waals surface area contributed by atoms with Crippen molar-refractivity contribution in [1.82, 2.24) is 4.90 Å². The number of nitriles is 1. The van der Waals surface area contributed by atoms with Crippen molar-refractivity contribution in [3.05, 3.63) is 35.4 Å². The second kappa shape index (κ2) is 5.01. The van der Waals surface area contributed by atoms with E-state index in [0.29, 0.717) is 17.2 Å². The van der Waals surface area contributed by atoms with E-state index in [1.165, 1.54) is 0 Å². The molecule has 1 amide bonds. The Morgan fingerprint density at radius 1 is 1.41 bits per heavy atom. The van der Waals surface area contributed by atoms with Crippen LogP contribution in [0.4, 0.5) is 0 Å². The highest BCUT2D eigenvalue weighted by atomic mass is 16.2. The Bertz CT molecular complexity index is 440. The van der Waals surface area contributed by atoms with Gasteiger partial charge in [0.15, 0.2) is 0 Å². The zero-order chi connectivity index (χ0) is 12.3. The summed E-state index contributed by atoms with van der Waals surface area (Å²) in [6.45, 7) is 2.91. The first-order valence-corrected chi connectivity index (χ1v) is 6.07. The number of amides is 1. The van der Waals surface area contributed by atoms with Gasteiger partial charge in [0, 0.05) is 18.2 Å². The number of hydrogen-bond acceptors (Lipinski definition) is 2. The van der Waals surface area contributed by atoms with Crippen molar-refractivity contribution < 1.29 is 4.79 Å². The summed E-state index contributed by atoms with van der Waals surface area (Å²) in [7, 11) is 0. The highest BCUT2D eigenvalue weighted by Gasteiger charge is 2.32. The Morgan fingerprint density at radius 3 is 2.53 bits per heavy atom. The maximum Gasteiger partial charge on any atom is 0.254 e. The first-order chi connectivity index (χ1) is 8.26. The molecule has 88 valence electrons. The molecule has 1 aromatic rings. The molecule has 0 radical (unpaired) electrons. The summed E-state index contributed by atoms with van der Waals surface area (Å²) in [5.41, 5.74) is 1.28. The van der Waals surface area contributed by atoms with E-state index in [2.05, 4.69) is 13.0 Å². The van der Waals surface area contributed by atoms with E-state index in [9.17, 15) is 4.79 Å². The van der Waals surface area contributed by atoms with Crippen molar-refractivity contribution in [2.24, 2.45) is 0 Å². The standard InChI is InChI=1S/C14H16N2O/c1-2-9-16(13-7-8-13)14(17)12-5-3-11(10-15)4-6-12/h3-6,13H,2,7-9H2,1H3. The smallest absolute Gasteiger partial charge is 0.254 e. The Hall–Kier alpha value is -1.82. The fourth-order valence-corrected chi connectivity index (χ4v) is 1.93. The fraction of sp³-hybridized carbons (Fsp3) is 0.429. The zero-order valence-electron chi connectivity index (χ0n) is 10.0. The van der Waals surface area contributed by atoms with Crippen molar-refractivity contribution in [1.29, 1.82) is 5.26 Å². The fourth-order valence-electron chi connectivity index (χ4n) is 1.93. The lowest BCUT2D eigenvalue weighted by Crippen LogP contribution is -2.33. The highest BCUT2D eigenvalue weighted by Crippen LogP contribution is 2.28. The molecule has 0 N–H and O–H groups in total. The minimum atomic E-state index is 0.0961. The van der Waals surface area contributed by atoms with Gasteiger partial charge < -0.3 is 4.90 Å². The Kier molecular flexibility index (Phi) is 3.43. The first-order valence-electron chi connectivity index (χ1n) is 6.07. The van der Waals surface area contributed by atoms with E-state index < -0.39 is 0 Å². The topological polar surface area (TPSA) is 44.1 Å². The van der Waals surface area contributed by atoms with Gasteiger partial charge in [-0.1, -0.05) is 6.92 Å². The molecule has 1 aromatic carbocycles. The molecule has 0 saturated heterocycles. The lowest BCUT2D eigenvalue weighted by molar-refractivity contribution is 0.0743. The van der Waals surface area contributed by atoms with Crippen LogP contribution in [0.3, 0.4) is 0 Å². The molecule has 1 aliphatic carbocycles. The summed E-state index contributed by atoms with van der Waals surface area (Å²) >= 11 is 0. The van der Waals surface area contributed by atoms with E-state index in [4.69, 9.17) is 5.26 Å². The molecule has 0 atom stereocenters. The van der Waals surface area contributed by atoms with Gasteiger partial charge in [-0.2, -0.15) is 5.26 Å². The largest absolute Gasteiger partial charge is 0.336 e. The molecular weight excluding hydrogens is 212 g/mol. The third-order valence-electron chi connectivity index (χ3n) is 2.97. The molecule has 2 rings (SSSR count). The van der Waals surface area contributed by atoms with Crippen LogP contribution in [0.2, 0.25) is 0 Å². The number of carbonyl (C=O) groups excluding carboxylic acids is 1. The van der Waals surface area contributed by atoms with Crippen LogP contribution in [0.1, 0.15) is 42.1 Å². The predicted octanol–water partition coefficient (Wildman–Crippen LogP) is 2.57. The van der Waals surface area contributed by atoms with Gasteiger partial charge in [0.1, 0.15) is 0 Å². The lowest BCUT2D eigenvalue weighted by Gasteiger charge is -2.21. The van der Waals surface area contributed by atoms with Crippen molar-refractivity contribution in [2.75, 3.05) is 6.54 Å². The summed E-state index contributed by atoms with van der Waals surface area (Å²) < 4.78 is 0. The maximum atomic E-state index is 12.3. The molecule has 3 nitrogen and oxygen atoms in total. The third-order valence-corrected chi connectivity index (χ3v) is 2.97. The normalized spacial score (nSPS) is 14.1. The molecule has 1 aliphatic rings. The molecule has 0 heterocycles. The summed E-state index contributed by atoms with van der Waals surface area (Å²) in [6.07, 6.45) is 3.24. The predicted molar refractivity (Wildman–Crippen MR) is 65.5 cm³/mol. The van der Waals surface area contributed by atoms with Crippen LogP contribution in [-0.4, -0.2) is 23.4 Å². The number of rotatable bonds is 4. The monoisotopic (exact) mass is 228 g/mol.